The summed E-state index contributed by atoms with van der Waals surface area (Å²) in [6, 6.07) is 4.11. The second-order valence-electron chi connectivity index (χ2n) is 5.71. The molecule has 2 rings (SSSR count). The highest BCUT2D eigenvalue weighted by molar-refractivity contribution is 6.00. The van der Waals surface area contributed by atoms with E-state index < -0.39 is 0 Å². The van der Waals surface area contributed by atoms with Crippen LogP contribution in [0.5, 0.6) is 0 Å². The number of aldehydes is 1. The minimum Gasteiger partial charge on any atom is -0.357 e. The van der Waals surface area contributed by atoms with Crippen molar-refractivity contribution < 1.29 is 4.79 Å². The number of aryl methyl sites for hydroxylation is 2. The molecule has 1 aromatic carbocycles. The number of nitrogens with one attached hydrogen (secondary N) is 1. The number of hydrogen-bond acceptors (Lipinski definition) is 1. The van der Waals surface area contributed by atoms with Gasteiger partial charge in [0.15, 0.2) is 6.29 Å². The van der Waals surface area contributed by atoms with Gasteiger partial charge in [-0.3, -0.25) is 4.79 Å². The molecule has 0 saturated carbocycles. The third kappa shape index (κ3) is 1.78. The van der Waals surface area contributed by atoms with Gasteiger partial charge in [-0.05, 0) is 25.0 Å². The monoisotopic (exact) mass is 229 g/mol. The molecule has 2 heteroatoms. The van der Waals surface area contributed by atoms with E-state index in [2.05, 4.69) is 45.7 Å². The molecule has 0 aliphatic carbocycles. The van der Waals surface area contributed by atoms with E-state index in [1.807, 2.05) is 6.07 Å². The van der Waals surface area contributed by atoms with E-state index in [-0.39, 0.29) is 5.41 Å². The lowest BCUT2D eigenvalue weighted by Gasteiger charge is -2.17. The molecule has 0 radical (unpaired) electrons. The van der Waals surface area contributed by atoms with Crippen LogP contribution >= 0.6 is 0 Å². The number of fused-ring (bicyclic) bond motifs is 1. The Labute approximate surface area is 102 Å². The number of H-pyrrole nitrogens is 1. The summed E-state index contributed by atoms with van der Waals surface area (Å²) in [5.74, 6) is 0. The number of carbonyl (C=O) groups excluding carboxylic acids is 1. The number of carbonyl (C=O) groups is 1. The van der Waals surface area contributed by atoms with Gasteiger partial charge in [0.05, 0.1) is 0 Å². The predicted molar refractivity (Wildman–Crippen MR) is 71.9 cm³/mol. The molecule has 0 aliphatic rings. The summed E-state index contributed by atoms with van der Waals surface area (Å²) in [7, 11) is 0. The zero-order chi connectivity index (χ0) is 12.8. The van der Waals surface area contributed by atoms with Crippen molar-refractivity contribution in [3.63, 3.8) is 0 Å². The van der Waals surface area contributed by atoms with E-state index in [1.54, 1.807) is 0 Å². The summed E-state index contributed by atoms with van der Waals surface area (Å²) < 4.78 is 0. The van der Waals surface area contributed by atoms with Crippen LogP contribution in [0, 0.1) is 13.8 Å². The first-order valence-corrected chi connectivity index (χ1v) is 5.94. The number of aromatic amines is 1. The highest BCUT2D eigenvalue weighted by atomic mass is 16.1. The second-order valence-corrected chi connectivity index (χ2v) is 5.71. The Bertz CT molecular complexity index is 585. The van der Waals surface area contributed by atoms with E-state index in [4.69, 9.17) is 0 Å². The number of aromatic nitrogens is 1. The Balaban J connectivity index is 2.89. The predicted octanol–water partition coefficient (Wildman–Crippen LogP) is 3.89. The summed E-state index contributed by atoms with van der Waals surface area (Å²) in [6.45, 7) is 10.5. The molecule has 1 aromatic heterocycles. The van der Waals surface area contributed by atoms with Crippen LogP contribution in [-0.2, 0) is 5.41 Å². The second kappa shape index (κ2) is 3.73. The molecule has 0 unspecified atom stereocenters. The van der Waals surface area contributed by atoms with Crippen LogP contribution in [0.1, 0.15) is 48.0 Å². The fourth-order valence-electron chi connectivity index (χ4n) is 2.24. The average molecular weight is 229 g/mol. The SMILES string of the molecule is Cc1ccc2c(C=O)c(C(C)(C)C)[nH]c2c1C. The molecule has 1 N–H and O–H groups in total. The normalized spacial score (nSPS) is 12.1. The maximum Gasteiger partial charge on any atom is 0.152 e. The van der Waals surface area contributed by atoms with Crippen molar-refractivity contribution in [2.45, 2.75) is 40.0 Å². The van der Waals surface area contributed by atoms with E-state index in [1.165, 1.54) is 11.1 Å². The quantitative estimate of drug-likeness (QED) is 0.739. The molecule has 0 fully saturated rings. The van der Waals surface area contributed by atoms with Gasteiger partial charge in [0.2, 0.25) is 0 Å². The molecule has 0 amide bonds. The molecule has 0 atom stereocenters. The summed E-state index contributed by atoms with van der Waals surface area (Å²) in [5.41, 5.74) is 5.34. The molecule has 1 heterocycles. The van der Waals surface area contributed by atoms with E-state index in [0.29, 0.717) is 0 Å². The van der Waals surface area contributed by atoms with Crippen molar-refractivity contribution in [3.05, 3.63) is 34.5 Å². The highest BCUT2D eigenvalue weighted by Gasteiger charge is 2.22. The molecule has 0 bridgehead atoms. The molecule has 2 nitrogen and oxygen atoms in total. The van der Waals surface area contributed by atoms with E-state index in [9.17, 15) is 4.79 Å². The standard InChI is InChI=1S/C15H19NO/c1-9-6-7-11-12(8-17)14(15(3,4)5)16-13(11)10(9)2/h6-8,16H,1-5H3. The lowest BCUT2D eigenvalue weighted by molar-refractivity contribution is 0.112. The van der Waals surface area contributed by atoms with Crippen molar-refractivity contribution >= 4 is 17.2 Å². The van der Waals surface area contributed by atoms with Crippen molar-refractivity contribution in [2.24, 2.45) is 0 Å². The third-order valence-corrected chi connectivity index (χ3v) is 3.41. The Morgan fingerprint density at radius 3 is 2.35 bits per heavy atom. The molecular formula is C15H19NO. The van der Waals surface area contributed by atoms with Gasteiger partial charge in [0.25, 0.3) is 0 Å². The fraction of sp³-hybridized carbons (Fsp3) is 0.400. The van der Waals surface area contributed by atoms with Crippen LogP contribution in [0.25, 0.3) is 10.9 Å². The summed E-state index contributed by atoms with van der Waals surface area (Å²) in [5, 5.41) is 1.04. The first-order chi connectivity index (χ1) is 7.86. The molecule has 90 valence electrons. The Kier molecular flexibility index (Phi) is 2.61. The van der Waals surface area contributed by atoms with Crippen LogP contribution in [-0.4, -0.2) is 11.3 Å². The summed E-state index contributed by atoms with van der Waals surface area (Å²) in [4.78, 5) is 14.8. The van der Waals surface area contributed by atoms with Crippen LogP contribution in [0.4, 0.5) is 0 Å². The van der Waals surface area contributed by atoms with E-state index >= 15 is 0 Å². The fourth-order valence-corrected chi connectivity index (χ4v) is 2.24. The smallest absolute Gasteiger partial charge is 0.152 e. The Morgan fingerprint density at radius 1 is 1.18 bits per heavy atom. The Morgan fingerprint density at radius 2 is 1.82 bits per heavy atom. The average Bonchev–Trinajstić information content (AvgIpc) is 2.62. The lowest BCUT2D eigenvalue weighted by atomic mass is 9.89. The van der Waals surface area contributed by atoms with Crippen molar-refractivity contribution in [3.8, 4) is 0 Å². The van der Waals surface area contributed by atoms with Gasteiger partial charge in [-0.25, -0.2) is 0 Å². The lowest BCUT2D eigenvalue weighted by Crippen LogP contribution is -2.13. The largest absolute Gasteiger partial charge is 0.357 e. The van der Waals surface area contributed by atoms with Gasteiger partial charge in [-0.15, -0.1) is 0 Å². The zero-order valence-corrected chi connectivity index (χ0v) is 11.1. The van der Waals surface area contributed by atoms with Crippen molar-refractivity contribution in [2.75, 3.05) is 0 Å². The molecule has 0 spiro atoms. The van der Waals surface area contributed by atoms with Crippen LogP contribution in [0.15, 0.2) is 12.1 Å². The van der Waals surface area contributed by atoms with Gasteiger partial charge in [0.1, 0.15) is 0 Å². The maximum absolute atomic E-state index is 11.3. The minimum absolute atomic E-state index is 0.0460. The molecule has 17 heavy (non-hydrogen) atoms. The highest BCUT2D eigenvalue weighted by Crippen LogP contribution is 2.32. The zero-order valence-electron chi connectivity index (χ0n) is 11.1. The van der Waals surface area contributed by atoms with Gasteiger partial charge in [-0.2, -0.15) is 0 Å². The number of hydrogen-bond donors (Lipinski definition) is 1. The molecular weight excluding hydrogens is 210 g/mol. The van der Waals surface area contributed by atoms with Crippen LogP contribution < -0.4 is 0 Å². The summed E-state index contributed by atoms with van der Waals surface area (Å²) in [6.07, 6.45) is 0.966. The van der Waals surface area contributed by atoms with Gasteiger partial charge in [0, 0.05) is 27.6 Å². The maximum atomic E-state index is 11.3. The number of rotatable bonds is 1. The van der Waals surface area contributed by atoms with Crippen LogP contribution in [0.2, 0.25) is 0 Å². The minimum atomic E-state index is -0.0460. The van der Waals surface area contributed by atoms with Crippen molar-refractivity contribution in [1.29, 1.82) is 0 Å². The molecule has 0 aliphatic heterocycles. The van der Waals surface area contributed by atoms with Gasteiger partial charge >= 0.3 is 0 Å². The van der Waals surface area contributed by atoms with Crippen molar-refractivity contribution in [1.82, 2.24) is 4.98 Å². The molecule has 0 saturated heterocycles. The topological polar surface area (TPSA) is 32.9 Å². The van der Waals surface area contributed by atoms with Gasteiger partial charge in [-0.1, -0.05) is 32.9 Å². The number of benzene rings is 1. The third-order valence-electron chi connectivity index (χ3n) is 3.41. The van der Waals surface area contributed by atoms with Crippen LogP contribution in [0.3, 0.4) is 0 Å². The van der Waals surface area contributed by atoms with E-state index in [0.717, 1.165) is 28.4 Å². The Hall–Kier alpha value is -1.57. The first-order valence-electron chi connectivity index (χ1n) is 5.94. The molecule has 2 aromatic rings. The van der Waals surface area contributed by atoms with Gasteiger partial charge < -0.3 is 4.98 Å². The summed E-state index contributed by atoms with van der Waals surface area (Å²) >= 11 is 0. The first kappa shape index (κ1) is 11.9.